The topological polar surface area (TPSA) is 38.5 Å². The maximum atomic E-state index is 6.02. The van der Waals surface area contributed by atoms with Gasteiger partial charge in [0.15, 0.2) is 0 Å². The third kappa shape index (κ3) is 2.72. The van der Waals surface area contributed by atoms with Gasteiger partial charge < -0.3 is 15.4 Å². The number of nitrogens with zero attached hydrogens (tertiary/aromatic N) is 1. The van der Waals surface area contributed by atoms with Gasteiger partial charge >= 0.3 is 0 Å². The molecule has 0 saturated carbocycles. The predicted molar refractivity (Wildman–Crippen MR) is 72.2 cm³/mol. The standard InChI is InChI=1S/C14H22N2O/c1-3-17-10-12-9-16(8-11(12)2)14-7-5-4-6-13(14)15/h4-7,11-12H,3,8-10,15H2,1-2H3/t11-,12+/m0/s1. The van der Waals surface area contributed by atoms with Crippen molar-refractivity contribution in [1.29, 1.82) is 0 Å². The molecule has 94 valence electrons. The Morgan fingerprint density at radius 1 is 1.35 bits per heavy atom. The number of para-hydroxylation sites is 2. The first kappa shape index (κ1) is 12.2. The highest BCUT2D eigenvalue weighted by molar-refractivity contribution is 5.67. The highest BCUT2D eigenvalue weighted by Gasteiger charge is 2.30. The fourth-order valence-electron chi connectivity index (χ4n) is 2.49. The molecule has 1 aromatic rings. The van der Waals surface area contributed by atoms with E-state index in [4.69, 9.17) is 10.5 Å². The number of nitrogens with two attached hydrogens (primary N) is 1. The lowest BCUT2D eigenvalue weighted by Gasteiger charge is -2.20. The summed E-state index contributed by atoms with van der Waals surface area (Å²) >= 11 is 0. The highest BCUT2D eigenvalue weighted by atomic mass is 16.5. The quantitative estimate of drug-likeness (QED) is 0.813. The molecular formula is C14H22N2O. The molecule has 0 aliphatic carbocycles. The van der Waals surface area contributed by atoms with Crippen molar-refractivity contribution in [3.63, 3.8) is 0 Å². The van der Waals surface area contributed by atoms with Crippen LogP contribution in [-0.2, 0) is 4.74 Å². The Kier molecular flexibility index (Phi) is 3.89. The summed E-state index contributed by atoms with van der Waals surface area (Å²) in [5.41, 5.74) is 8.06. The molecular weight excluding hydrogens is 212 g/mol. The molecule has 0 amide bonds. The van der Waals surface area contributed by atoms with Crippen LogP contribution in [0.3, 0.4) is 0 Å². The first-order valence-corrected chi connectivity index (χ1v) is 6.39. The van der Waals surface area contributed by atoms with E-state index in [0.29, 0.717) is 11.8 Å². The highest BCUT2D eigenvalue weighted by Crippen LogP contribution is 2.31. The van der Waals surface area contributed by atoms with Gasteiger partial charge in [-0.2, -0.15) is 0 Å². The zero-order chi connectivity index (χ0) is 12.3. The van der Waals surface area contributed by atoms with Crippen LogP contribution in [0, 0.1) is 11.8 Å². The van der Waals surface area contributed by atoms with Crippen molar-refractivity contribution in [2.75, 3.05) is 36.9 Å². The number of ether oxygens (including phenoxy) is 1. The Morgan fingerprint density at radius 3 is 2.82 bits per heavy atom. The molecule has 2 rings (SSSR count). The van der Waals surface area contributed by atoms with Crippen LogP contribution in [0.2, 0.25) is 0 Å². The molecule has 1 aromatic carbocycles. The van der Waals surface area contributed by atoms with E-state index in [2.05, 4.69) is 17.9 Å². The third-order valence-electron chi connectivity index (χ3n) is 3.58. The summed E-state index contributed by atoms with van der Waals surface area (Å²) in [6, 6.07) is 8.10. The van der Waals surface area contributed by atoms with E-state index in [0.717, 1.165) is 32.0 Å². The Labute approximate surface area is 104 Å². The van der Waals surface area contributed by atoms with Gasteiger partial charge in [0, 0.05) is 25.6 Å². The number of rotatable bonds is 4. The lowest BCUT2D eigenvalue weighted by atomic mass is 9.99. The summed E-state index contributed by atoms with van der Waals surface area (Å²) in [5, 5.41) is 0. The average molecular weight is 234 g/mol. The van der Waals surface area contributed by atoms with Crippen LogP contribution < -0.4 is 10.6 Å². The lowest BCUT2D eigenvalue weighted by molar-refractivity contribution is 0.104. The number of hydrogen-bond donors (Lipinski definition) is 1. The van der Waals surface area contributed by atoms with E-state index in [1.54, 1.807) is 0 Å². The second-order valence-corrected chi connectivity index (χ2v) is 4.86. The number of anilines is 2. The fourth-order valence-corrected chi connectivity index (χ4v) is 2.49. The lowest BCUT2D eigenvalue weighted by Crippen LogP contribution is -2.22. The zero-order valence-electron chi connectivity index (χ0n) is 10.7. The molecule has 3 nitrogen and oxygen atoms in total. The van der Waals surface area contributed by atoms with Gasteiger partial charge in [0.25, 0.3) is 0 Å². The predicted octanol–water partition coefficient (Wildman–Crippen LogP) is 2.38. The number of benzene rings is 1. The fraction of sp³-hybridized carbons (Fsp3) is 0.571. The van der Waals surface area contributed by atoms with Crippen molar-refractivity contribution in [3.05, 3.63) is 24.3 Å². The van der Waals surface area contributed by atoms with Crippen molar-refractivity contribution >= 4 is 11.4 Å². The Hall–Kier alpha value is -1.22. The second-order valence-electron chi connectivity index (χ2n) is 4.86. The molecule has 0 radical (unpaired) electrons. The first-order valence-electron chi connectivity index (χ1n) is 6.39. The molecule has 0 bridgehead atoms. The van der Waals surface area contributed by atoms with Gasteiger partial charge in [0.05, 0.1) is 18.0 Å². The summed E-state index contributed by atoms with van der Waals surface area (Å²) in [4.78, 5) is 2.38. The molecule has 0 spiro atoms. The first-order chi connectivity index (χ1) is 8.22. The minimum absolute atomic E-state index is 0.620. The van der Waals surface area contributed by atoms with Gasteiger partial charge in [0.2, 0.25) is 0 Å². The molecule has 0 aromatic heterocycles. The van der Waals surface area contributed by atoms with Crippen molar-refractivity contribution in [2.45, 2.75) is 13.8 Å². The number of hydrogen-bond acceptors (Lipinski definition) is 3. The smallest absolute Gasteiger partial charge is 0.0600 e. The Balaban J connectivity index is 2.03. The van der Waals surface area contributed by atoms with Gasteiger partial charge in [-0.1, -0.05) is 19.1 Å². The summed E-state index contributed by atoms with van der Waals surface area (Å²) in [6.45, 7) is 8.13. The van der Waals surface area contributed by atoms with Crippen LogP contribution in [0.1, 0.15) is 13.8 Å². The SMILES string of the molecule is CCOC[C@H]1CN(c2ccccc2N)C[C@@H]1C. The van der Waals surface area contributed by atoms with E-state index < -0.39 is 0 Å². The normalized spacial score (nSPS) is 24.2. The van der Waals surface area contributed by atoms with Crippen LogP contribution >= 0.6 is 0 Å². The van der Waals surface area contributed by atoms with Crippen LogP contribution in [0.5, 0.6) is 0 Å². The van der Waals surface area contributed by atoms with Crippen LogP contribution in [0.4, 0.5) is 11.4 Å². The maximum Gasteiger partial charge on any atom is 0.0600 e. The van der Waals surface area contributed by atoms with Gasteiger partial charge in [-0.3, -0.25) is 0 Å². The van der Waals surface area contributed by atoms with Gasteiger partial charge in [-0.25, -0.2) is 0 Å². The average Bonchev–Trinajstić information content (AvgIpc) is 2.68. The van der Waals surface area contributed by atoms with Crippen LogP contribution in [-0.4, -0.2) is 26.3 Å². The minimum atomic E-state index is 0.620. The molecule has 1 fully saturated rings. The van der Waals surface area contributed by atoms with Crippen molar-refractivity contribution in [1.82, 2.24) is 0 Å². The molecule has 1 aliphatic rings. The molecule has 2 N–H and O–H groups in total. The summed E-state index contributed by atoms with van der Waals surface area (Å²) in [5.74, 6) is 1.29. The maximum absolute atomic E-state index is 6.02. The summed E-state index contributed by atoms with van der Waals surface area (Å²) in [6.07, 6.45) is 0. The largest absolute Gasteiger partial charge is 0.397 e. The Morgan fingerprint density at radius 2 is 2.12 bits per heavy atom. The Bertz CT molecular complexity index is 367. The molecule has 0 unspecified atom stereocenters. The molecule has 3 heteroatoms. The summed E-state index contributed by atoms with van der Waals surface area (Å²) < 4.78 is 5.54. The van der Waals surface area contributed by atoms with Gasteiger partial charge in [0.1, 0.15) is 0 Å². The molecule has 1 saturated heterocycles. The van der Waals surface area contributed by atoms with E-state index in [1.165, 1.54) is 5.69 Å². The van der Waals surface area contributed by atoms with Crippen LogP contribution in [0.15, 0.2) is 24.3 Å². The van der Waals surface area contributed by atoms with Crippen LogP contribution in [0.25, 0.3) is 0 Å². The van der Waals surface area contributed by atoms with Crippen molar-refractivity contribution < 1.29 is 4.74 Å². The molecule has 1 heterocycles. The van der Waals surface area contributed by atoms with Gasteiger partial charge in [-0.15, -0.1) is 0 Å². The second kappa shape index (κ2) is 5.41. The molecule has 1 aliphatic heterocycles. The van der Waals surface area contributed by atoms with E-state index >= 15 is 0 Å². The summed E-state index contributed by atoms with van der Waals surface area (Å²) in [7, 11) is 0. The van der Waals surface area contributed by atoms with Crippen molar-refractivity contribution in [2.24, 2.45) is 11.8 Å². The minimum Gasteiger partial charge on any atom is -0.397 e. The van der Waals surface area contributed by atoms with Crippen molar-refractivity contribution in [3.8, 4) is 0 Å². The number of nitrogen functional groups attached to an aromatic ring is 1. The van der Waals surface area contributed by atoms with E-state index in [-0.39, 0.29) is 0 Å². The monoisotopic (exact) mass is 234 g/mol. The van der Waals surface area contributed by atoms with E-state index in [1.807, 2.05) is 25.1 Å². The van der Waals surface area contributed by atoms with E-state index in [9.17, 15) is 0 Å². The molecule has 17 heavy (non-hydrogen) atoms. The zero-order valence-corrected chi connectivity index (χ0v) is 10.7. The van der Waals surface area contributed by atoms with Gasteiger partial charge in [-0.05, 0) is 25.0 Å². The third-order valence-corrected chi connectivity index (χ3v) is 3.58. The molecule has 2 atom stereocenters.